The molecule has 0 aromatic heterocycles. The quantitative estimate of drug-likeness (QED) is 0.771. The lowest BCUT2D eigenvalue weighted by atomic mass is 9.81. The number of ether oxygens (including phenoxy) is 1. The fraction of sp³-hybridized carbons (Fsp3) is 0.429. The number of rotatable bonds is 3. The second-order valence-corrected chi connectivity index (χ2v) is 4.50. The first-order chi connectivity index (χ1) is 8.59. The Morgan fingerprint density at radius 1 is 1.44 bits per heavy atom. The first-order valence-corrected chi connectivity index (χ1v) is 6.04. The van der Waals surface area contributed by atoms with E-state index in [9.17, 15) is 4.79 Å². The predicted octanol–water partition coefficient (Wildman–Crippen LogP) is 2.50. The van der Waals surface area contributed by atoms with Crippen molar-refractivity contribution in [2.45, 2.75) is 32.3 Å². The molecular weight excluding hydrogens is 230 g/mol. The molecule has 2 rings (SSSR count). The highest BCUT2D eigenvalue weighted by Gasteiger charge is 2.51. The molecular formula is C14H17NO3. The molecule has 1 heterocycles. The number of nitrogens with zero attached hydrogens (tertiary/aromatic N) is 1. The second-order valence-electron chi connectivity index (χ2n) is 4.50. The zero-order valence-corrected chi connectivity index (χ0v) is 10.8. The predicted molar refractivity (Wildman–Crippen MR) is 68.4 cm³/mol. The van der Waals surface area contributed by atoms with Crippen LogP contribution in [-0.4, -0.2) is 23.9 Å². The Hall–Kier alpha value is -1.84. The van der Waals surface area contributed by atoms with Gasteiger partial charge in [-0.2, -0.15) is 0 Å². The summed E-state index contributed by atoms with van der Waals surface area (Å²) in [5.74, 6) is -0.572. The van der Waals surface area contributed by atoms with Crippen LogP contribution in [0.5, 0.6) is 0 Å². The third-order valence-electron chi connectivity index (χ3n) is 3.16. The molecule has 0 fully saturated rings. The van der Waals surface area contributed by atoms with Gasteiger partial charge in [-0.05, 0) is 26.3 Å². The number of oxime groups is 1. The Kier molecular flexibility index (Phi) is 3.36. The van der Waals surface area contributed by atoms with Gasteiger partial charge < -0.3 is 9.57 Å². The van der Waals surface area contributed by atoms with Gasteiger partial charge in [0.2, 0.25) is 5.60 Å². The molecule has 0 spiro atoms. The Bertz CT molecular complexity index is 469. The average Bonchev–Trinajstić information content (AvgIpc) is 2.68. The highest BCUT2D eigenvalue weighted by atomic mass is 16.7. The molecule has 0 saturated carbocycles. The fourth-order valence-electron chi connectivity index (χ4n) is 2.31. The topological polar surface area (TPSA) is 47.9 Å². The van der Waals surface area contributed by atoms with E-state index in [-0.39, 0.29) is 11.9 Å². The molecule has 0 aliphatic carbocycles. The van der Waals surface area contributed by atoms with Crippen LogP contribution in [0.2, 0.25) is 0 Å². The molecule has 1 aliphatic rings. The van der Waals surface area contributed by atoms with Crippen molar-refractivity contribution in [2.24, 2.45) is 5.16 Å². The summed E-state index contributed by atoms with van der Waals surface area (Å²) in [6.07, 6.45) is 0. The largest absolute Gasteiger partial charge is 0.463 e. The Balaban J connectivity index is 2.36. The molecule has 1 aliphatic heterocycles. The van der Waals surface area contributed by atoms with E-state index >= 15 is 0 Å². The van der Waals surface area contributed by atoms with Gasteiger partial charge >= 0.3 is 5.97 Å². The number of hydrogen-bond donors (Lipinski definition) is 0. The molecule has 1 aromatic rings. The second kappa shape index (κ2) is 4.80. The lowest BCUT2D eigenvalue weighted by Crippen LogP contribution is -2.43. The minimum Gasteiger partial charge on any atom is -0.463 e. The van der Waals surface area contributed by atoms with Gasteiger partial charge in [0.25, 0.3) is 0 Å². The van der Waals surface area contributed by atoms with Crippen LogP contribution in [0.1, 0.15) is 32.3 Å². The van der Waals surface area contributed by atoms with Crippen LogP contribution in [0, 0.1) is 0 Å². The molecule has 4 heteroatoms. The molecule has 2 atom stereocenters. The molecule has 4 nitrogen and oxygen atoms in total. The number of esters is 1. The number of carbonyl (C=O) groups excluding carboxylic acids is 1. The zero-order chi connectivity index (χ0) is 13.2. The number of hydrogen-bond acceptors (Lipinski definition) is 4. The first kappa shape index (κ1) is 12.6. The van der Waals surface area contributed by atoms with Crippen molar-refractivity contribution in [2.75, 3.05) is 6.61 Å². The summed E-state index contributed by atoms with van der Waals surface area (Å²) < 4.78 is 5.09. The summed E-state index contributed by atoms with van der Waals surface area (Å²) in [4.78, 5) is 17.4. The van der Waals surface area contributed by atoms with Crippen molar-refractivity contribution < 1.29 is 14.4 Å². The van der Waals surface area contributed by atoms with Gasteiger partial charge in [0.05, 0.1) is 18.2 Å². The molecule has 0 radical (unpaired) electrons. The van der Waals surface area contributed by atoms with Crippen LogP contribution in [0.25, 0.3) is 0 Å². The van der Waals surface area contributed by atoms with Crippen LogP contribution in [0.15, 0.2) is 35.5 Å². The van der Waals surface area contributed by atoms with Gasteiger partial charge in [-0.25, -0.2) is 4.79 Å². The van der Waals surface area contributed by atoms with Gasteiger partial charge in [0.15, 0.2) is 0 Å². The summed E-state index contributed by atoms with van der Waals surface area (Å²) in [7, 11) is 0. The average molecular weight is 247 g/mol. The zero-order valence-electron chi connectivity index (χ0n) is 10.8. The van der Waals surface area contributed by atoms with Crippen molar-refractivity contribution in [3.05, 3.63) is 35.9 Å². The highest BCUT2D eigenvalue weighted by molar-refractivity contribution is 5.98. The normalized spacial score (nSPS) is 26.4. The maximum atomic E-state index is 12.1. The van der Waals surface area contributed by atoms with Gasteiger partial charge in [-0.1, -0.05) is 35.5 Å². The third kappa shape index (κ3) is 1.98. The number of benzene rings is 1. The maximum absolute atomic E-state index is 12.1. The molecule has 2 unspecified atom stereocenters. The van der Waals surface area contributed by atoms with Crippen LogP contribution >= 0.6 is 0 Å². The summed E-state index contributed by atoms with van der Waals surface area (Å²) in [6, 6.07) is 9.75. The Labute approximate surface area is 107 Å². The molecule has 0 saturated heterocycles. The molecule has 0 N–H and O–H groups in total. The van der Waals surface area contributed by atoms with Crippen molar-refractivity contribution in [3.63, 3.8) is 0 Å². The lowest BCUT2D eigenvalue weighted by molar-refractivity contribution is -0.168. The van der Waals surface area contributed by atoms with E-state index < -0.39 is 5.60 Å². The van der Waals surface area contributed by atoms with Crippen LogP contribution < -0.4 is 0 Å². The maximum Gasteiger partial charge on any atom is 0.354 e. The van der Waals surface area contributed by atoms with Crippen LogP contribution in [-0.2, 0) is 14.4 Å². The van der Waals surface area contributed by atoms with E-state index in [1.54, 1.807) is 13.8 Å². The summed E-state index contributed by atoms with van der Waals surface area (Å²) in [5.41, 5.74) is 0.727. The monoisotopic (exact) mass is 247 g/mol. The number of carbonyl (C=O) groups is 1. The third-order valence-corrected chi connectivity index (χ3v) is 3.16. The van der Waals surface area contributed by atoms with E-state index in [4.69, 9.17) is 9.57 Å². The van der Waals surface area contributed by atoms with E-state index in [0.29, 0.717) is 6.61 Å². The van der Waals surface area contributed by atoms with Gasteiger partial charge in [0.1, 0.15) is 0 Å². The summed E-state index contributed by atoms with van der Waals surface area (Å²) in [5, 5.41) is 3.97. The van der Waals surface area contributed by atoms with Crippen molar-refractivity contribution in [3.8, 4) is 0 Å². The Morgan fingerprint density at radius 2 is 2.11 bits per heavy atom. The molecule has 18 heavy (non-hydrogen) atoms. The van der Waals surface area contributed by atoms with Gasteiger partial charge in [-0.3, -0.25) is 0 Å². The summed E-state index contributed by atoms with van der Waals surface area (Å²) in [6.45, 7) is 5.70. The smallest absolute Gasteiger partial charge is 0.354 e. The molecule has 96 valence electrons. The highest BCUT2D eigenvalue weighted by Crippen LogP contribution is 2.38. The van der Waals surface area contributed by atoms with Crippen molar-refractivity contribution in [1.82, 2.24) is 0 Å². The molecule has 0 bridgehead atoms. The van der Waals surface area contributed by atoms with Gasteiger partial charge in [-0.15, -0.1) is 0 Å². The minimum atomic E-state index is -1.07. The molecule has 1 aromatic carbocycles. The van der Waals surface area contributed by atoms with E-state index in [2.05, 4.69) is 5.16 Å². The van der Waals surface area contributed by atoms with Crippen molar-refractivity contribution >= 4 is 11.7 Å². The fourth-order valence-corrected chi connectivity index (χ4v) is 2.31. The van der Waals surface area contributed by atoms with Crippen LogP contribution in [0.3, 0.4) is 0 Å². The first-order valence-electron chi connectivity index (χ1n) is 6.04. The SMILES string of the molecule is CCOC(=O)C1(C)ON=C(C)C1c1ccccc1. The Morgan fingerprint density at radius 3 is 2.72 bits per heavy atom. The molecule has 0 amide bonds. The van der Waals surface area contributed by atoms with E-state index in [1.807, 2.05) is 37.3 Å². The van der Waals surface area contributed by atoms with E-state index in [1.165, 1.54) is 0 Å². The standard InChI is InChI=1S/C14H17NO3/c1-4-17-13(16)14(3)12(10(2)15-18-14)11-8-6-5-7-9-11/h5-9,12H,4H2,1-3H3. The minimum absolute atomic E-state index is 0.197. The van der Waals surface area contributed by atoms with Gasteiger partial charge in [0, 0.05) is 0 Å². The van der Waals surface area contributed by atoms with Crippen molar-refractivity contribution in [1.29, 1.82) is 0 Å². The lowest BCUT2D eigenvalue weighted by Gasteiger charge is -2.26. The van der Waals surface area contributed by atoms with Crippen LogP contribution in [0.4, 0.5) is 0 Å². The van der Waals surface area contributed by atoms with E-state index in [0.717, 1.165) is 11.3 Å². The summed E-state index contributed by atoms with van der Waals surface area (Å²) >= 11 is 0.